The van der Waals surface area contributed by atoms with Gasteiger partial charge in [0.25, 0.3) is 5.91 Å². The number of hydrogen-bond acceptors (Lipinski definition) is 3. The zero-order valence-electron chi connectivity index (χ0n) is 13.8. The fourth-order valence-electron chi connectivity index (χ4n) is 2.18. The molecule has 122 valence electrons. The van der Waals surface area contributed by atoms with E-state index in [1.165, 1.54) is 0 Å². The summed E-state index contributed by atoms with van der Waals surface area (Å²) in [6.45, 7) is 4.70. The van der Waals surface area contributed by atoms with Crippen molar-refractivity contribution in [2.24, 2.45) is 0 Å². The maximum Gasteiger partial charge on any atom is 0.251 e. The second kappa shape index (κ2) is 8.22. The summed E-state index contributed by atoms with van der Waals surface area (Å²) in [5.41, 5.74) is 1.65. The van der Waals surface area contributed by atoms with E-state index in [0.717, 1.165) is 23.5 Å². The van der Waals surface area contributed by atoms with Crippen molar-refractivity contribution in [1.29, 1.82) is 0 Å². The Kier molecular flexibility index (Phi) is 6.03. The second-order valence-electron chi connectivity index (χ2n) is 5.34. The Labute approximate surface area is 137 Å². The predicted molar refractivity (Wildman–Crippen MR) is 91.1 cm³/mol. The van der Waals surface area contributed by atoms with Crippen molar-refractivity contribution in [3.05, 3.63) is 59.7 Å². The molecule has 0 heterocycles. The van der Waals surface area contributed by atoms with Gasteiger partial charge in [-0.15, -0.1) is 0 Å². The SMILES string of the molecule is CCCOc1ccc(C(=O)NC(C)c2ccc(OC)cc2)cc1. The fraction of sp³-hybridized carbons (Fsp3) is 0.316. The van der Waals surface area contributed by atoms with E-state index in [9.17, 15) is 4.79 Å². The minimum absolute atomic E-state index is 0.0792. The molecule has 0 aliphatic rings. The highest BCUT2D eigenvalue weighted by Gasteiger charge is 2.11. The van der Waals surface area contributed by atoms with Crippen LogP contribution in [-0.2, 0) is 0 Å². The molecule has 0 fully saturated rings. The average molecular weight is 313 g/mol. The molecule has 2 aromatic rings. The molecule has 4 nitrogen and oxygen atoms in total. The Bertz CT molecular complexity index is 620. The van der Waals surface area contributed by atoms with Gasteiger partial charge in [-0.2, -0.15) is 0 Å². The third kappa shape index (κ3) is 4.74. The number of hydrogen-bond donors (Lipinski definition) is 1. The molecule has 0 aromatic heterocycles. The van der Waals surface area contributed by atoms with Crippen LogP contribution in [0.5, 0.6) is 11.5 Å². The molecule has 0 saturated heterocycles. The maximum absolute atomic E-state index is 12.3. The van der Waals surface area contributed by atoms with E-state index in [4.69, 9.17) is 9.47 Å². The van der Waals surface area contributed by atoms with Crippen LogP contribution in [0.4, 0.5) is 0 Å². The number of benzene rings is 2. The molecule has 1 amide bonds. The van der Waals surface area contributed by atoms with Gasteiger partial charge in [0, 0.05) is 5.56 Å². The molecule has 1 N–H and O–H groups in total. The minimum Gasteiger partial charge on any atom is -0.497 e. The number of amides is 1. The first kappa shape index (κ1) is 16.9. The smallest absolute Gasteiger partial charge is 0.251 e. The van der Waals surface area contributed by atoms with Crippen LogP contribution in [0.15, 0.2) is 48.5 Å². The number of ether oxygens (including phenoxy) is 2. The van der Waals surface area contributed by atoms with Crippen LogP contribution in [0, 0.1) is 0 Å². The molecule has 1 unspecified atom stereocenters. The Morgan fingerprint density at radius 3 is 2.22 bits per heavy atom. The number of methoxy groups -OCH3 is 1. The quantitative estimate of drug-likeness (QED) is 0.841. The highest BCUT2D eigenvalue weighted by atomic mass is 16.5. The van der Waals surface area contributed by atoms with Gasteiger partial charge in [0.2, 0.25) is 0 Å². The van der Waals surface area contributed by atoms with Gasteiger partial charge in [0.15, 0.2) is 0 Å². The Hall–Kier alpha value is -2.49. The summed E-state index contributed by atoms with van der Waals surface area (Å²) in [7, 11) is 1.63. The molecular formula is C19H23NO3. The summed E-state index contributed by atoms with van der Waals surface area (Å²) in [6.07, 6.45) is 0.960. The lowest BCUT2D eigenvalue weighted by Gasteiger charge is -2.15. The van der Waals surface area contributed by atoms with Crippen LogP contribution < -0.4 is 14.8 Å². The average Bonchev–Trinajstić information content (AvgIpc) is 2.60. The molecule has 23 heavy (non-hydrogen) atoms. The number of rotatable bonds is 7. The van der Waals surface area contributed by atoms with Crippen molar-refractivity contribution in [1.82, 2.24) is 5.32 Å². The zero-order valence-corrected chi connectivity index (χ0v) is 13.8. The maximum atomic E-state index is 12.3. The Morgan fingerprint density at radius 1 is 1.04 bits per heavy atom. The van der Waals surface area contributed by atoms with E-state index in [1.807, 2.05) is 43.3 Å². The zero-order chi connectivity index (χ0) is 16.7. The van der Waals surface area contributed by atoms with E-state index in [0.29, 0.717) is 12.2 Å². The topological polar surface area (TPSA) is 47.6 Å². The van der Waals surface area contributed by atoms with E-state index >= 15 is 0 Å². The van der Waals surface area contributed by atoms with Crippen LogP contribution in [0.3, 0.4) is 0 Å². The third-order valence-electron chi connectivity index (χ3n) is 3.55. The third-order valence-corrected chi connectivity index (χ3v) is 3.55. The fourth-order valence-corrected chi connectivity index (χ4v) is 2.18. The highest BCUT2D eigenvalue weighted by Crippen LogP contribution is 2.18. The Balaban J connectivity index is 1.97. The van der Waals surface area contributed by atoms with Crippen LogP contribution in [-0.4, -0.2) is 19.6 Å². The number of nitrogens with one attached hydrogen (secondary N) is 1. The molecule has 0 bridgehead atoms. The first-order chi connectivity index (χ1) is 11.1. The molecule has 0 saturated carbocycles. The summed E-state index contributed by atoms with van der Waals surface area (Å²) >= 11 is 0. The first-order valence-electron chi connectivity index (χ1n) is 7.81. The Morgan fingerprint density at radius 2 is 1.65 bits per heavy atom. The van der Waals surface area contributed by atoms with Gasteiger partial charge in [-0.25, -0.2) is 0 Å². The molecule has 2 aromatic carbocycles. The van der Waals surface area contributed by atoms with E-state index in [-0.39, 0.29) is 11.9 Å². The molecule has 0 aliphatic heterocycles. The monoisotopic (exact) mass is 313 g/mol. The first-order valence-corrected chi connectivity index (χ1v) is 7.81. The lowest BCUT2D eigenvalue weighted by atomic mass is 10.1. The molecule has 1 atom stereocenters. The van der Waals surface area contributed by atoms with Crippen LogP contribution in [0.25, 0.3) is 0 Å². The molecule has 0 spiro atoms. The minimum atomic E-state index is -0.102. The highest BCUT2D eigenvalue weighted by molar-refractivity contribution is 5.94. The van der Waals surface area contributed by atoms with Gasteiger partial charge in [-0.1, -0.05) is 19.1 Å². The van der Waals surface area contributed by atoms with Gasteiger partial charge in [-0.3, -0.25) is 4.79 Å². The van der Waals surface area contributed by atoms with Gasteiger partial charge < -0.3 is 14.8 Å². The molecule has 2 rings (SSSR count). The normalized spacial score (nSPS) is 11.6. The standard InChI is InChI=1S/C19H23NO3/c1-4-13-23-18-11-7-16(8-12-18)19(21)20-14(2)15-5-9-17(22-3)10-6-15/h5-12,14H,4,13H2,1-3H3,(H,20,21). The summed E-state index contributed by atoms with van der Waals surface area (Å²) in [4.78, 5) is 12.3. The van der Waals surface area contributed by atoms with Crippen LogP contribution in [0.1, 0.15) is 42.2 Å². The van der Waals surface area contributed by atoms with E-state index < -0.39 is 0 Å². The van der Waals surface area contributed by atoms with Crippen LogP contribution >= 0.6 is 0 Å². The number of carbonyl (C=O) groups is 1. The summed E-state index contributed by atoms with van der Waals surface area (Å²) in [5.74, 6) is 1.48. The van der Waals surface area contributed by atoms with Crippen molar-refractivity contribution in [3.63, 3.8) is 0 Å². The van der Waals surface area contributed by atoms with Gasteiger partial charge >= 0.3 is 0 Å². The van der Waals surface area contributed by atoms with Crippen molar-refractivity contribution in [2.45, 2.75) is 26.3 Å². The lowest BCUT2D eigenvalue weighted by Crippen LogP contribution is -2.26. The largest absolute Gasteiger partial charge is 0.497 e. The molecular weight excluding hydrogens is 290 g/mol. The summed E-state index contributed by atoms with van der Waals surface area (Å²) < 4.78 is 10.7. The van der Waals surface area contributed by atoms with Gasteiger partial charge in [-0.05, 0) is 55.3 Å². The van der Waals surface area contributed by atoms with E-state index in [2.05, 4.69) is 12.2 Å². The summed E-state index contributed by atoms with van der Waals surface area (Å²) in [5, 5.41) is 2.99. The van der Waals surface area contributed by atoms with Crippen molar-refractivity contribution in [2.75, 3.05) is 13.7 Å². The van der Waals surface area contributed by atoms with Crippen molar-refractivity contribution in [3.8, 4) is 11.5 Å². The molecule has 4 heteroatoms. The number of carbonyl (C=O) groups excluding carboxylic acids is 1. The van der Waals surface area contributed by atoms with Crippen molar-refractivity contribution < 1.29 is 14.3 Å². The van der Waals surface area contributed by atoms with Crippen molar-refractivity contribution >= 4 is 5.91 Å². The lowest BCUT2D eigenvalue weighted by molar-refractivity contribution is 0.0940. The summed E-state index contributed by atoms with van der Waals surface area (Å²) in [6, 6.07) is 14.8. The van der Waals surface area contributed by atoms with Gasteiger partial charge in [0.1, 0.15) is 11.5 Å². The van der Waals surface area contributed by atoms with Crippen LogP contribution in [0.2, 0.25) is 0 Å². The predicted octanol–water partition coefficient (Wildman–Crippen LogP) is 3.98. The van der Waals surface area contributed by atoms with E-state index in [1.54, 1.807) is 19.2 Å². The molecule has 0 radical (unpaired) electrons. The molecule has 0 aliphatic carbocycles. The second-order valence-corrected chi connectivity index (χ2v) is 5.34. The van der Waals surface area contributed by atoms with Gasteiger partial charge in [0.05, 0.1) is 19.8 Å².